The Labute approximate surface area is 186 Å². The topological polar surface area (TPSA) is 79.5 Å². The van der Waals surface area contributed by atoms with Crippen LogP contribution in [0.25, 0.3) is 10.9 Å². The van der Waals surface area contributed by atoms with Gasteiger partial charge in [0, 0.05) is 17.7 Å². The van der Waals surface area contributed by atoms with E-state index in [2.05, 4.69) is 0 Å². The van der Waals surface area contributed by atoms with Crippen molar-refractivity contribution in [2.75, 3.05) is 14.2 Å². The molecule has 7 heteroatoms. The summed E-state index contributed by atoms with van der Waals surface area (Å²) >= 11 is 0. The standard InChI is InChI=1S/C25H28N2O5/c1-16-9-11-17(12-10-16)21(28)15-26-20-14-23(32-3)22(31-2)13-19(20)24(29)27(25(26)30)18-7-5-4-6-8-18/h9-14,18H,4-8,15H2,1-3H3. The number of benzene rings is 2. The highest BCUT2D eigenvalue weighted by molar-refractivity contribution is 5.96. The van der Waals surface area contributed by atoms with Gasteiger partial charge in [-0.3, -0.25) is 18.7 Å². The third-order valence-corrected chi connectivity index (χ3v) is 6.29. The van der Waals surface area contributed by atoms with Crippen LogP contribution in [0, 0.1) is 6.92 Å². The summed E-state index contributed by atoms with van der Waals surface area (Å²) in [4.78, 5) is 40.1. The summed E-state index contributed by atoms with van der Waals surface area (Å²) in [5.41, 5.74) is 1.13. The van der Waals surface area contributed by atoms with Crippen molar-refractivity contribution in [3.05, 3.63) is 68.4 Å². The monoisotopic (exact) mass is 436 g/mol. The third kappa shape index (κ3) is 3.95. The Kier molecular flexibility index (Phi) is 6.17. The number of hydrogen-bond donors (Lipinski definition) is 0. The molecule has 3 aromatic rings. The van der Waals surface area contributed by atoms with Gasteiger partial charge in [-0.25, -0.2) is 4.79 Å². The number of aromatic nitrogens is 2. The van der Waals surface area contributed by atoms with E-state index in [1.54, 1.807) is 24.3 Å². The molecular formula is C25H28N2O5. The molecule has 0 unspecified atom stereocenters. The van der Waals surface area contributed by atoms with Gasteiger partial charge >= 0.3 is 5.69 Å². The molecule has 0 radical (unpaired) electrons. The molecule has 7 nitrogen and oxygen atoms in total. The zero-order valence-electron chi connectivity index (χ0n) is 18.7. The molecule has 2 aromatic carbocycles. The number of Topliss-reactive ketones (excluding diaryl/α,β-unsaturated/α-hetero) is 1. The lowest BCUT2D eigenvalue weighted by atomic mass is 9.95. The first-order chi connectivity index (χ1) is 15.4. The Morgan fingerprint density at radius 2 is 1.59 bits per heavy atom. The quantitative estimate of drug-likeness (QED) is 0.548. The first-order valence-electron chi connectivity index (χ1n) is 11.0. The second kappa shape index (κ2) is 9.02. The van der Waals surface area contributed by atoms with Crippen molar-refractivity contribution < 1.29 is 14.3 Å². The Bertz CT molecular complexity index is 1260. The Morgan fingerprint density at radius 3 is 2.22 bits per heavy atom. The summed E-state index contributed by atoms with van der Waals surface area (Å²) in [7, 11) is 2.99. The lowest BCUT2D eigenvalue weighted by Crippen LogP contribution is -2.43. The molecule has 1 fully saturated rings. The highest BCUT2D eigenvalue weighted by Crippen LogP contribution is 2.31. The van der Waals surface area contributed by atoms with E-state index in [1.807, 2.05) is 19.1 Å². The lowest BCUT2D eigenvalue weighted by Gasteiger charge is -2.25. The predicted octanol–water partition coefficient (Wildman–Crippen LogP) is 3.88. The number of fused-ring (bicyclic) bond motifs is 1. The van der Waals surface area contributed by atoms with Crippen molar-refractivity contribution in [1.29, 1.82) is 0 Å². The van der Waals surface area contributed by atoms with Gasteiger partial charge in [0.25, 0.3) is 5.56 Å². The van der Waals surface area contributed by atoms with Gasteiger partial charge in [0.05, 0.1) is 31.7 Å². The zero-order valence-corrected chi connectivity index (χ0v) is 18.7. The smallest absolute Gasteiger partial charge is 0.332 e. The van der Waals surface area contributed by atoms with E-state index in [0.29, 0.717) is 28.0 Å². The highest BCUT2D eigenvalue weighted by atomic mass is 16.5. The summed E-state index contributed by atoms with van der Waals surface area (Å²) < 4.78 is 13.5. The normalized spacial score (nSPS) is 14.5. The van der Waals surface area contributed by atoms with Crippen LogP contribution >= 0.6 is 0 Å². The summed E-state index contributed by atoms with van der Waals surface area (Å²) in [5, 5.41) is 0.338. The van der Waals surface area contributed by atoms with Crippen LogP contribution in [0.5, 0.6) is 11.5 Å². The van der Waals surface area contributed by atoms with Crippen molar-refractivity contribution in [1.82, 2.24) is 9.13 Å². The molecule has 32 heavy (non-hydrogen) atoms. The number of aryl methyl sites for hydroxylation is 1. The number of carbonyl (C=O) groups excluding carboxylic acids is 1. The number of nitrogens with zero attached hydrogens (tertiary/aromatic N) is 2. The molecule has 4 rings (SSSR count). The lowest BCUT2D eigenvalue weighted by molar-refractivity contribution is 0.0970. The molecule has 1 heterocycles. The average molecular weight is 437 g/mol. The second-order valence-electron chi connectivity index (χ2n) is 8.35. The average Bonchev–Trinajstić information content (AvgIpc) is 2.82. The van der Waals surface area contributed by atoms with Gasteiger partial charge in [-0.15, -0.1) is 0 Å². The molecule has 0 aliphatic heterocycles. The van der Waals surface area contributed by atoms with Crippen LogP contribution < -0.4 is 20.7 Å². The van der Waals surface area contributed by atoms with Crippen molar-refractivity contribution in [2.45, 2.75) is 51.6 Å². The Balaban J connectivity index is 1.93. The first kappa shape index (κ1) is 21.9. The van der Waals surface area contributed by atoms with Crippen LogP contribution in [-0.2, 0) is 6.54 Å². The highest BCUT2D eigenvalue weighted by Gasteiger charge is 2.24. The minimum absolute atomic E-state index is 0.165. The van der Waals surface area contributed by atoms with Gasteiger partial charge in [0.1, 0.15) is 0 Å². The van der Waals surface area contributed by atoms with Crippen LogP contribution in [0.3, 0.4) is 0 Å². The maximum Gasteiger partial charge on any atom is 0.332 e. The zero-order chi connectivity index (χ0) is 22.8. The Hall–Kier alpha value is -3.35. The number of rotatable bonds is 6. The van der Waals surface area contributed by atoms with E-state index >= 15 is 0 Å². The third-order valence-electron chi connectivity index (χ3n) is 6.29. The summed E-state index contributed by atoms with van der Waals surface area (Å²) in [6.07, 6.45) is 4.61. The van der Waals surface area contributed by atoms with Crippen LogP contribution in [0.15, 0.2) is 46.0 Å². The fourth-order valence-corrected chi connectivity index (χ4v) is 4.50. The minimum Gasteiger partial charge on any atom is -0.493 e. The number of methoxy groups -OCH3 is 2. The maximum atomic E-state index is 13.6. The SMILES string of the molecule is COc1cc2c(=O)n(C3CCCCC3)c(=O)n(CC(=O)c3ccc(C)cc3)c2cc1OC. The van der Waals surface area contributed by atoms with E-state index in [4.69, 9.17) is 9.47 Å². The van der Waals surface area contributed by atoms with E-state index in [-0.39, 0.29) is 23.9 Å². The molecule has 1 saturated carbocycles. The van der Waals surface area contributed by atoms with E-state index < -0.39 is 5.69 Å². The van der Waals surface area contributed by atoms with Crippen molar-refractivity contribution in [3.63, 3.8) is 0 Å². The fraction of sp³-hybridized carbons (Fsp3) is 0.400. The van der Waals surface area contributed by atoms with E-state index in [1.165, 1.54) is 23.4 Å². The fourth-order valence-electron chi connectivity index (χ4n) is 4.50. The van der Waals surface area contributed by atoms with Crippen molar-refractivity contribution in [2.24, 2.45) is 0 Å². The molecule has 0 amide bonds. The van der Waals surface area contributed by atoms with Crippen LogP contribution in [0.2, 0.25) is 0 Å². The molecule has 0 saturated heterocycles. The van der Waals surface area contributed by atoms with Crippen LogP contribution in [-0.4, -0.2) is 29.1 Å². The van der Waals surface area contributed by atoms with Crippen molar-refractivity contribution >= 4 is 16.7 Å². The molecule has 168 valence electrons. The maximum absolute atomic E-state index is 13.6. The molecule has 0 bridgehead atoms. The van der Waals surface area contributed by atoms with Gasteiger partial charge in [-0.1, -0.05) is 49.1 Å². The largest absolute Gasteiger partial charge is 0.493 e. The molecule has 0 N–H and O–H groups in total. The van der Waals surface area contributed by atoms with Gasteiger partial charge in [0.15, 0.2) is 17.3 Å². The van der Waals surface area contributed by atoms with Gasteiger partial charge in [-0.05, 0) is 25.8 Å². The number of ether oxygens (including phenoxy) is 2. The minimum atomic E-state index is -0.456. The predicted molar refractivity (Wildman–Crippen MR) is 123 cm³/mol. The molecule has 1 aliphatic carbocycles. The number of hydrogen-bond acceptors (Lipinski definition) is 5. The molecule has 0 atom stereocenters. The Morgan fingerprint density at radius 1 is 0.969 bits per heavy atom. The first-order valence-corrected chi connectivity index (χ1v) is 11.0. The number of ketones is 1. The number of carbonyl (C=O) groups is 1. The van der Waals surface area contributed by atoms with E-state index in [9.17, 15) is 14.4 Å². The van der Waals surface area contributed by atoms with Gasteiger partial charge in [0.2, 0.25) is 0 Å². The van der Waals surface area contributed by atoms with Gasteiger partial charge < -0.3 is 9.47 Å². The molecule has 1 aliphatic rings. The summed E-state index contributed by atoms with van der Waals surface area (Å²) in [5.74, 6) is 0.602. The van der Waals surface area contributed by atoms with E-state index in [0.717, 1.165) is 37.7 Å². The second-order valence-corrected chi connectivity index (χ2v) is 8.35. The summed E-state index contributed by atoms with van der Waals surface area (Å²) in [6, 6.07) is 10.3. The molecule has 1 aromatic heterocycles. The molecule has 0 spiro atoms. The van der Waals surface area contributed by atoms with Crippen LogP contribution in [0.1, 0.15) is 54.1 Å². The van der Waals surface area contributed by atoms with Gasteiger partial charge in [-0.2, -0.15) is 0 Å². The van der Waals surface area contributed by atoms with Crippen molar-refractivity contribution in [3.8, 4) is 11.5 Å². The van der Waals surface area contributed by atoms with Crippen LogP contribution in [0.4, 0.5) is 0 Å². The summed E-state index contributed by atoms with van der Waals surface area (Å²) in [6.45, 7) is 1.78. The molecular weight excluding hydrogens is 408 g/mol.